The lowest BCUT2D eigenvalue weighted by Gasteiger charge is -2.12. The van der Waals surface area contributed by atoms with Gasteiger partial charge in [-0.25, -0.2) is 4.79 Å². The van der Waals surface area contributed by atoms with E-state index < -0.39 is 0 Å². The van der Waals surface area contributed by atoms with Crippen molar-refractivity contribution in [2.24, 2.45) is 0 Å². The van der Waals surface area contributed by atoms with Gasteiger partial charge in [-0.05, 0) is 18.2 Å². The molecule has 0 saturated carbocycles. The van der Waals surface area contributed by atoms with Gasteiger partial charge in [0.05, 0.1) is 0 Å². The van der Waals surface area contributed by atoms with E-state index in [1.807, 2.05) is 0 Å². The lowest BCUT2D eigenvalue weighted by Crippen LogP contribution is -2.39. The fourth-order valence-electron chi connectivity index (χ4n) is 1.55. The molecule has 0 saturated heterocycles. The molecular formula is C14H20N4O3. The minimum atomic E-state index is -0.263. The maximum Gasteiger partial charge on any atom is 0.316 e. The minimum Gasteiger partial charge on any atom is -0.350 e. The van der Waals surface area contributed by atoms with Gasteiger partial charge in [-0.15, -0.1) is 0 Å². The van der Waals surface area contributed by atoms with Crippen LogP contribution in [0.4, 0.5) is 10.5 Å². The molecule has 0 aliphatic heterocycles. The van der Waals surface area contributed by atoms with Crippen LogP contribution < -0.4 is 16.0 Å². The van der Waals surface area contributed by atoms with Crippen molar-refractivity contribution >= 4 is 23.5 Å². The van der Waals surface area contributed by atoms with Gasteiger partial charge in [-0.2, -0.15) is 0 Å². The SMILES string of the molecule is CC(=O)Nc1cccc(C(=O)NCCNC(=O)N(C)C)c1. The molecule has 0 bridgehead atoms. The van der Waals surface area contributed by atoms with Gasteiger partial charge < -0.3 is 20.9 Å². The number of hydrogen-bond donors (Lipinski definition) is 3. The van der Waals surface area contributed by atoms with Gasteiger partial charge in [0, 0.05) is 45.4 Å². The summed E-state index contributed by atoms with van der Waals surface area (Å²) >= 11 is 0. The van der Waals surface area contributed by atoms with E-state index in [0.29, 0.717) is 24.3 Å². The van der Waals surface area contributed by atoms with E-state index in [1.165, 1.54) is 11.8 Å². The average molecular weight is 292 g/mol. The molecule has 114 valence electrons. The molecule has 0 radical (unpaired) electrons. The first-order chi connectivity index (χ1) is 9.90. The third-order valence-corrected chi connectivity index (χ3v) is 2.54. The molecule has 1 aromatic rings. The molecule has 3 N–H and O–H groups in total. The highest BCUT2D eigenvalue weighted by Crippen LogP contribution is 2.10. The van der Waals surface area contributed by atoms with Crippen LogP contribution in [0.25, 0.3) is 0 Å². The van der Waals surface area contributed by atoms with E-state index in [9.17, 15) is 14.4 Å². The van der Waals surface area contributed by atoms with Crippen LogP contribution in [0.2, 0.25) is 0 Å². The van der Waals surface area contributed by atoms with Gasteiger partial charge in [0.15, 0.2) is 0 Å². The Kier molecular flexibility index (Phi) is 6.19. The van der Waals surface area contributed by atoms with Gasteiger partial charge in [-0.1, -0.05) is 6.07 Å². The molecule has 7 heteroatoms. The third-order valence-electron chi connectivity index (χ3n) is 2.54. The maximum atomic E-state index is 11.9. The lowest BCUT2D eigenvalue weighted by atomic mass is 10.2. The molecule has 21 heavy (non-hydrogen) atoms. The Morgan fingerprint density at radius 2 is 1.76 bits per heavy atom. The first-order valence-corrected chi connectivity index (χ1v) is 6.51. The van der Waals surface area contributed by atoms with Crippen molar-refractivity contribution in [3.63, 3.8) is 0 Å². The molecule has 0 spiro atoms. The Labute approximate surface area is 123 Å². The molecule has 1 rings (SSSR count). The summed E-state index contributed by atoms with van der Waals surface area (Å²) in [4.78, 5) is 35.6. The second kappa shape index (κ2) is 7.88. The smallest absolute Gasteiger partial charge is 0.316 e. The van der Waals surface area contributed by atoms with E-state index in [-0.39, 0.29) is 17.8 Å². The fourth-order valence-corrected chi connectivity index (χ4v) is 1.55. The van der Waals surface area contributed by atoms with Crippen LogP contribution in [0.1, 0.15) is 17.3 Å². The summed E-state index contributed by atoms with van der Waals surface area (Å²) in [5.41, 5.74) is 1.01. The van der Waals surface area contributed by atoms with Crippen LogP contribution in [0, 0.1) is 0 Å². The molecular weight excluding hydrogens is 272 g/mol. The van der Waals surface area contributed by atoms with Crippen LogP contribution in [0.3, 0.4) is 0 Å². The molecule has 0 aliphatic rings. The Bertz CT molecular complexity index is 529. The number of amides is 4. The highest BCUT2D eigenvalue weighted by atomic mass is 16.2. The zero-order valence-electron chi connectivity index (χ0n) is 12.4. The number of anilines is 1. The normalized spacial score (nSPS) is 9.67. The minimum absolute atomic E-state index is 0.195. The zero-order chi connectivity index (χ0) is 15.8. The standard InChI is InChI=1S/C14H20N4O3/c1-10(19)17-12-6-4-5-11(9-12)13(20)15-7-8-16-14(21)18(2)3/h4-6,9H,7-8H2,1-3H3,(H,15,20)(H,16,21)(H,17,19). The Morgan fingerprint density at radius 1 is 1.10 bits per heavy atom. The van der Waals surface area contributed by atoms with E-state index in [1.54, 1.807) is 38.4 Å². The highest BCUT2D eigenvalue weighted by Gasteiger charge is 2.07. The number of benzene rings is 1. The molecule has 0 aliphatic carbocycles. The van der Waals surface area contributed by atoms with E-state index in [2.05, 4.69) is 16.0 Å². The Hall–Kier alpha value is -2.57. The predicted molar refractivity (Wildman–Crippen MR) is 80.2 cm³/mol. The van der Waals surface area contributed by atoms with Crippen LogP contribution in [-0.4, -0.2) is 49.9 Å². The number of carbonyl (C=O) groups excluding carboxylic acids is 3. The van der Waals surface area contributed by atoms with E-state index in [4.69, 9.17) is 0 Å². The monoisotopic (exact) mass is 292 g/mol. The first-order valence-electron chi connectivity index (χ1n) is 6.51. The predicted octanol–water partition coefficient (Wildman–Crippen LogP) is 0.646. The Balaban J connectivity index is 2.45. The topological polar surface area (TPSA) is 90.5 Å². The summed E-state index contributed by atoms with van der Waals surface area (Å²) in [5.74, 6) is -0.458. The third kappa shape index (κ3) is 5.94. The number of hydrogen-bond acceptors (Lipinski definition) is 3. The molecule has 7 nitrogen and oxygen atoms in total. The van der Waals surface area contributed by atoms with Crippen LogP contribution in [-0.2, 0) is 4.79 Å². The summed E-state index contributed by atoms with van der Waals surface area (Å²) in [6.45, 7) is 2.07. The maximum absolute atomic E-state index is 11.9. The molecule has 1 aromatic carbocycles. The van der Waals surface area contributed by atoms with Crippen molar-refractivity contribution < 1.29 is 14.4 Å². The van der Waals surface area contributed by atoms with Crippen molar-refractivity contribution in [1.29, 1.82) is 0 Å². The lowest BCUT2D eigenvalue weighted by molar-refractivity contribution is -0.114. The van der Waals surface area contributed by atoms with Crippen molar-refractivity contribution in [2.45, 2.75) is 6.92 Å². The van der Waals surface area contributed by atoms with Gasteiger partial charge >= 0.3 is 6.03 Å². The summed E-state index contributed by atoms with van der Waals surface area (Å²) in [6.07, 6.45) is 0. The van der Waals surface area contributed by atoms with E-state index >= 15 is 0 Å². The van der Waals surface area contributed by atoms with Gasteiger partial charge in [0.25, 0.3) is 5.91 Å². The zero-order valence-corrected chi connectivity index (χ0v) is 12.4. The van der Waals surface area contributed by atoms with Gasteiger partial charge in [-0.3, -0.25) is 9.59 Å². The first kappa shape index (κ1) is 16.5. The quantitative estimate of drug-likeness (QED) is 0.696. The average Bonchev–Trinajstić information content (AvgIpc) is 2.42. The molecule has 0 unspecified atom stereocenters. The highest BCUT2D eigenvalue weighted by molar-refractivity contribution is 5.96. The molecule has 0 fully saturated rings. The second-order valence-electron chi connectivity index (χ2n) is 4.64. The largest absolute Gasteiger partial charge is 0.350 e. The number of nitrogens with zero attached hydrogens (tertiary/aromatic N) is 1. The van der Waals surface area contributed by atoms with Crippen molar-refractivity contribution in [3.8, 4) is 0 Å². The molecule has 0 aromatic heterocycles. The van der Waals surface area contributed by atoms with E-state index in [0.717, 1.165) is 0 Å². The fraction of sp³-hybridized carbons (Fsp3) is 0.357. The number of nitrogens with one attached hydrogen (secondary N) is 3. The van der Waals surface area contributed by atoms with Crippen molar-refractivity contribution in [1.82, 2.24) is 15.5 Å². The van der Waals surface area contributed by atoms with Gasteiger partial charge in [0.1, 0.15) is 0 Å². The van der Waals surface area contributed by atoms with Gasteiger partial charge in [0.2, 0.25) is 5.91 Å². The Morgan fingerprint density at radius 3 is 2.38 bits per heavy atom. The van der Waals surface area contributed by atoms with Crippen LogP contribution >= 0.6 is 0 Å². The van der Waals surface area contributed by atoms with Crippen LogP contribution in [0.15, 0.2) is 24.3 Å². The number of carbonyl (C=O) groups is 3. The molecule has 4 amide bonds. The van der Waals surface area contributed by atoms with Crippen molar-refractivity contribution in [2.75, 3.05) is 32.5 Å². The molecule has 0 heterocycles. The second-order valence-corrected chi connectivity index (χ2v) is 4.64. The number of urea groups is 1. The summed E-state index contributed by atoms with van der Waals surface area (Å²) in [6, 6.07) is 6.43. The summed E-state index contributed by atoms with van der Waals surface area (Å²) < 4.78 is 0. The van der Waals surface area contributed by atoms with Crippen LogP contribution in [0.5, 0.6) is 0 Å². The number of rotatable bonds is 5. The summed E-state index contributed by atoms with van der Waals surface area (Å²) in [5, 5.41) is 7.94. The van der Waals surface area contributed by atoms with Crippen molar-refractivity contribution in [3.05, 3.63) is 29.8 Å². The summed E-state index contributed by atoms with van der Waals surface area (Å²) in [7, 11) is 3.28. The molecule has 0 atom stereocenters.